The number of likely N-dealkylation sites (tertiary alicyclic amines) is 1. The van der Waals surface area contributed by atoms with Crippen molar-refractivity contribution >= 4 is 5.78 Å². The number of rotatable bonds is 5. The Bertz CT molecular complexity index is 419. The largest absolute Gasteiger partial charge is 0.303 e. The molecule has 0 radical (unpaired) electrons. The van der Waals surface area contributed by atoms with Crippen molar-refractivity contribution in [1.29, 1.82) is 0 Å². The van der Waals surface area contributed by atoms with Crippen LogP contribution in [0.4, 0.5) is 0 Å². The lowest BCUT2D eigenvalue weighted by molar-refractivity contribution is 0.0970. The highest BCUT2D eigenvalue weighted by Gasteiger charge is 2.15. The first-order valence-electron chi connectivity index (χ1n) is 7.48. The van der Waals surface area contributed by atoms with Crippen molar-refractivity contribution in [3.05, 3.63) is 35.4 Å². The number of piperidine rings is 1. The lowest BCUT2D eigenvalue weighted by Crippen LogP contribution is -2.33. The molecule has 1 saturated heterocycles. The fourth-order valence-corrected chi connectivity index (χ4v) is 2.77. The number of ketones is 1. The van der Waals surface area contributed by atoms with Gasteiger partial charge in [0.1, 0.15) is 0 Å². The second-order valence-electron chi connectivity index (χ2n) is 5.87. The van der Waals surface area contributed by atoms with E-state index in [4.69, 9.17) is 0 Å². The van der Waals surface area contributed by atoms with Gasteiger partial charge < -0.3 is 4.90 Å². The Kier molecular flexibility index (Phi) is 5.15. The molecule has 2 nitrogen and oxygen atoms in total. The van der Waals surface area contributed by atoms with Crippen molar-refractivity contribution in [2.75, 3.05) is 19.6 Å². The number of hydrogen-bond donors (Lipinski definition) is 0. The van der Waals surface area contributed by atoms with Gasteiger partial charge in [0.15, 0.2) is 5.78 Å². The van der Waals surface area contributed by atoms with Crippen LogP contribution in [0.5, 0.6) is 0 Å². The van der Waals surface area contributed by atoms with E-state index in [-0.39, 0.29) is 0 Å². The first-order chi connectivity index (χ1) is 9.16. The Morgan fingerprint density at radius 1 is 1.26 bits per heavy atom. The monoisotopic (exact) mass is 259 g/mol. The minimum Gasteiger partial charge on any atom is -0.303 e. The number of Topliss-reactive ketones (excluding diaryl/α,β-unsaturated/α-hetero) is 1. The summed E-state index contributed by atoms with van der Waals surface area (Å²) in [5, 5.41) is 0. The molecule has 0 bridgehead atoms. The van der Waals surface area contributed by atoms with Crippen molar-refractivity contribution in [2.45, 2.75) is 39.5 Å². The van der Waals surface area contributed by atoms with Crippen molar-refractivity contribution in [3.8, 4) is 0 Å². The normalized spacial score (nSPS) is 17.6. The van der Waals surface area contributed by atoms with Gasteiger partial charge in [0.25, 0.3) is 0 Å². The summed E-state index contributed by atoms with van der Waals surface area (Å²) in [7, 11) is 0. The van der Waals surface area contributed by atoms with E-state index in [2.05, 4.69) is 11.8 Å². The van der Waals surface area contributed by atoms with Crippen molar-refractivity contribution in [3.63, 3.8) is 0 Å². The van der Waals surface area contributed by atoms with Gasteiger partial charge in [-0.15, -0.1) is 0 Å². The molecule has 0 aliphatic carbocycles. The van der Waals surface area contributed by atoms with Crippen LogP contribution in [-0.4, -0.2) is 30.3 Å². The zero-order chi connectivity index (χ0) is 13.7. The van der Waals surface area contributed by atoms with E-state index in [0.29, 0.717) is 12.2 Å². The number of benzene rings is 1. The number of carbonyl (C=O) groups excluding carboxylic acids is 1. The van der Waals surface area contributed by atoms with Gasteiger partial charge in [-0.3, -0.25) is 4.79 Å². The summed E-state index contributed by atoms with van der Waals surface area (Å²) in [5.74, 6) is 1.17. The molecule has 1 fully saturated rings. The Labute approximate surface area is 116 Å². The molecule has 19 heavy (non-hydrogen) atoms. The Morgan fingerprint density at radius 3 is 2.63 bits per heavy atom. The average molecular weight is 259 g/mol. The molecule has 1 aromatic rings. The van der Waals surface area contributed by atoms with E-state index in [0.717, 1.165) is 30.0 Å². The van der Waals surface area contributed by atoms with Crippen LogP contribution in [0.25, 0.3) is 0 Å². The molecule has 0 amide bonds. The van der Waals surface area contributed by atoms with Crippen molar-refractivity contribution in [2.24, 2.45) is 5.92 Å². The molecule has 0 N–H and O–H groups in total. The molecule has 1 aliphatic rings. The van der Waals surface area contributed by atoms with E-state index >= 15 is 0 Å². The first kappa shape index (κ1) is 14.3. The van der Waals surface area contributed by atoms with Gasteiger partial charge in [-0.2, -0.15) is 0 Å². The summed E-state index contributed by atoms with van der Waals surface area (Å²) in [6, 6.07) is 7.90. The van der Waals surface area contributed by atoms with E-state index in [1.165, 1.54) is 25.9 Å². The van der Waals surface area contributed by atoms with E-state index in [1.54, 1.807) is 0 Å². The molecule has 1 heterocycles. The van der Waals surface area contributed by atoms with Crippen LogP contribution in [0, 0.1) is 12.8 Å². The third-order valence-corrected chi connectivity index (χ3v) is 4.20. The van der Waals surface area contributed by atoms with Crippen LogP contribution in [0.15, 0.2) is 24.3 Å². The highest BCUT2D eigenvalue weighted by atomic mass is 16.1. The van der Waals surface area contributed by atoms with Gasteiger partial charge >= 0.3 is 0 Å². The third kappa shape index (κ3) is 4.17. The molecule has 0 saturated carbocycles. The number of hydrogen-bond acceptors (Lipinski definition) is 2. The highest BCUT2D eigenvalue weighted by Crippen LogP contribution is 2.17. The topological polar surface area (TPSA) is 20.3 Å². The molecule has 1 aliphatic heterocycles. The standard InChI is InChI=1S/C17H25NO/c1-14-9-12-18(13-10-14)11-5-8-17(19)16-7-4-3-6-15(16)2/h3-4,6-7,14H,5,8-13H2,1-2H3. The molecule has 0 atom stereocenters. The minimum atomic E-state index is 0.295. The quantitative estimate of drug-likeness (QED) is 0.752. The zero-order valence-electron chi connectivity index (χ0n) is 12.2. The fourth-order valence-electron chi connectivity index (χ4n) is 2.77. The van der Waals surface area contributed by atoms with E-state index < -0.39 is 0 Å². The molecule has 2 heteroatoms. The Morgan fingerprint density at radius 2 is 1.95 bits per heavy atom. The van der Waals surface area contributed by atoms with Crippen molar-refractivity contribution in [1.82, 2.24) is 4.90 Å². The van der Waals surface area contributed by atoms with Crippen LogP contribution < -0.4 is 0 Å². The average Bonchev–Trinajstić information content (AvgIpc) is 2.41. The lowest BCUT2D eigenvalue weighted by Gasteiger charge is -2.30. The van der Waals surface area contributed by atoms with Gasteiger partial charge in [-0.05, 0) is 57.3 Å². The maximum atomic E-state index is 12.1. The van der Waals surface area contributed by atoms with Gasteiger partial charge in [0.05, 0.1) is 0 Å². The minimum absolute atomic E-state index is 0.295. The highest BCUT2D eigenvalue weighted by molar-refractivity contribution is 5.97. The van der Waals surface area contributed by atoms with Crippen LogP contribution in [-0.2, 0) is 0 Å². The fraction of sp³-hybridized carbons (Fsp3) is 0.588. The molecular weight excluding hydrogens is 234 g/mol. The molecule has 104 valence electrons. The first-order valence-corrected chi connectivity index (χ1v) is 7.48. The molecular formula is C17H25NO. The van der Waals surface area contributed by atoms with Crippen LogP contribution in [0.1, 0.15) is 48.5 Å². The summed E-state index contributed by atoms with van der Waals surface area (Å²) >= 11 is 0. The van der Waals surface area contributed by atoms with Crippen LogP contribution in [0.2, 0.25) is 0 Å². The predicted molar refractivity (Wildman–Crippen MR) is 79.6 cm³/mol. The summed E-state index contributed by atoms with van der Waals surface area (Å²) in [4.78, 5) is 14.6. The predicted octanol–water partition coefficient (Wildman–Crippen LogP) is 3.69. The maximum Gasteiger partial charge on any atom is 0.163 e. The Hall–Kier alpha value is -1.15. The molecule has 2 rings (SSSR count). The smallest absolute Gasteiger partial charge is 0.163 e. The van der Waals surface area contributed by atoms with Gasteiger partial charge in [-0.25, -0.2) is 0 Å². The second kappa shape index (κ2) is 6.85. The van der Waals surface area contributed by atoms with Crippen molar-refractivity contribution < 1.29 is 4.79 Å². The second-order valence-corrected chi connectivity index (χ2v) is 5.87. The zero-order valence-corrected chi connectivity index (χ0v) is 12.2. The van der Waals surface area contributed by atoms with E-state index in [9.17, 15) is 4.79 Å². The maximum absolute atomic E-state index is 12.1. The Balaban J connectivity index is 1.74. The summed E-state index contributed by atoms with van der Waals surface area (Å²) in [5.41, 5.74) is 1.99. The van der Waals surface area contributed by atoms with E-state index in [1.807, 2.05) is 31.2 Å². The van der Waals surface area contributed by atoms with Gasteiger partial charge in [0, 0.05) is 12.0 Å². The number of nitrogens with zero attached hydrogens (tertiary/aromatic N) is 1. The SMILES string of the molecule is Cc1ccccc1C(=O)CCCN1CCC(C)CC1. The van der Waals surface area contributed by atoms with Gasteiger partial charge in [0.2, 0.25) is 0 Å². The summed E-state index contributed by atoms with van der Waals surface area (Å²) < 4.78 is 0. The van der Waals surface area contributed by atoms with Gasteiger partial charge in [-0.1, -0.05) is 31.2 Å². The third-order valence-electron chi connectivity index (χ3n) is 4.20. The summed E-state index contributed by atoms with van der Waals surface area (Å²) in [6.07, 6.45) is 4.29. The summed E-state index contributed by atoms with van der Waals surface area (Å²) in [6.45, 7) is 7.84. The van der Waals surface area contributed by atoms with Crippen LogP contribution >= 0.6 is 0 Å². The number of aryl methyl sites for hydroxylation is 1. The molecule has 0 unspecified atom stereocenters. The number of carbonyl (C=O) groups is 1. The molecule has 0 spiro atoms. The van der Waals surface area contributed by atoms with Crippen LogP contribution in [0.3, 0.4) is 0 Å². The molecule has 0 aromatic heterocycles. The molecule has 1 aromatic carbocycles. The lowest BCUT2D eigenvalue weighted by atomic mass is 9.98.